The number of hydrogen-bond donors (Lipinski definition) is 1. The number of nitrogens with zero attached hydrogens (tertiary/aromatic N) is 2. The second-order valence-corrected chi connectivity index (χ2v) is 13.2. The van der Waals surface area contributed by atoms with Crippen LogP contribution in [0.25, 0.3) is 10.9 Å². The maximum atomic E-state index is 13.5. The van der Waals surface area contributed by atoms with Crippen LogP contribution in [-0.4, -0.2) is 54.5 Å². The molecule has 1 aliphatic heterocycles. The van der Waals surface area contributed by atoms with Gasteiger partial charge in [0.25, 0.3) is 5.91 Å². The number of methoxy groups -OCH3 is 1. The second kappa shape index (κ2) is 11.9. The number of benzene rings is 1. The standard InChI is InChI=1S/C32H39N3O5S/c1-6-14-35-15-13-24-22(17-35)27(20-9-7-8-10-23(20)33-24)31(38)40-18-26(36)34-29-28(30(37)39-5)21-12-11-19(32(2,3)4)16-25(21)41-29/h7-10,19H,6,11-18H2,1-5H3,(H,34,36). The Morgan fingerprint density at radius 3 is 2.61 bits per heavy atom. The van der Waals surface area contributed by atoms with Crippen molar-refractivity contribution in [2.75, 3.05) is 32.1 Å². The Bertz CT molecular complexity index is 1490. The van der Waals surface area contributed by atoms with Crippen LogP contribution in [0.4, 0.5) is 5.00 Å². The zero-order valence-electron chi connectivity index (χ0n) is 24.6. The van der Waals surface area contributed by atoms with Gasteiger partial charge in [-0.1, -0.05) is 45.9 Å². The van der Waals surface area contributed by atoms with E-state index >= 15 is 0 Å². The number of esters is 2. The Kier molecular flexibility index (Phi) is 8.47. The number of thiophene rings is 1. The third-order valence-electron chi connectivity index (χ3n) is 8.34. The summed E-state index contributed by atoms with van der Waals surface area (Å²) in [7, 11) is 1.35. The largest absolute Gasteiger partial charge is 0.465 e. The molecule has 2 aliphatic rings. The summed E-state index contributed by atoms with van der Waals surface area (Å²) in [5, 5.41) is 4.03. The van der Waals surface area contributed by atoms with Gasteiger partial charge in [-0.05, 0) is 55.2 Å². The van der Waals surface area contributed by atoms with Gasteiger partial charge in [-0.25, -0.2) is 9.59 Å². The average molecular weight is 578 g/mol. The van der Waals surface area contributed by atoms with Crippen molar-refractivity contribution < 1.29 is 23.9 Å². The van der Waals surface area contributed by atoms with Crippen LogP contribution in [0.2, 0.25) is 0 Å². The van der Waals surface area contributed by atoms with E-state index in [4.69, 9.17) is 14.5 Å². The highest BCUT2D eigenvalue weighted by atomic mass is 32.1. The molecule has 0 bridgehead atoms. The molecule has 0 saturated heterocycles. The van der Waals surface area contributed by atoms with E-state index in [1.165, 1.54) is 18.4 Å². The summed E-state index contributed by atoms with van der Waals surface area (Å²) in [6, 6.07) is 7.56. The van der Waals surface area contributed by atoms with Crippen molar-refractivity contribution in [3.05, 3.63) is 57.1 Å². The molecular weight excluding hydrogens is 538 g/mol. The summed E-state index contributed by atoms with van der Waals surface area (Å²) >= 11 is 1.42. The summed E-state index contributed by atoms with van der Waals surface area (Å²) in [5.74, 6) is -1.01. The third kappa shape index (κ3) is 6.02. The van der Waals surface area contributed by atoms with E-state index in [9.17, 15) is 14.4 Å². The molecule has 1 aromatic carbocycles. The summed E-state index contributed by atoms with van der Waals surface area (Å²) in [6.45, 7) is 10.8. The SMILES string of the molecule is CCCN1CCc2nc3ccccc3c(C(=O)OCC(=O)Nc3sc4c(c3C(=O)OC)CCC(C(C)(C)C)C4)c2C1. The average Bonchev–Trinajstić information content (AvgIpc) is 3.31. The minimum absolute atomic E-state index is 0.147. The first-order valence-electron chi connectivity index (χ1n) is 14.4. The molecule has 3 aromatic rings. The number of rotatable bonds is 7. The highest BCUT2D eigenvalue weighted by molar-refractivity contribution is 7.17. The van der Waals surface area contributed by atoms with Gasteiger partial charge in [0.2, 0.25) is 0 Å². The third-order valence-corrected chi connectivity index (χ3v) is 9.51. The molecule has 0 fully saturated rings. The van der Waals surface area contributed by atoms with E-state index in [2.05, 4.69) is 37.9 Å². The number of fused-ring (bicyclic) bond motifs is 3. The van der Waals surface area contributed by atoms with Gasteiger partial charge in [0.1, 0.15) is 5.00 Å². The zero-order valence-corrected chi connectivity index (χ0v) is 25.4. The van der Waals surface area contributed by atoms with Gasteiger partial charge in [-0.2, -0.15) is 0 Å². The van der Waals surface area contributed by atoms with Gasteiger partial charge in [0.05, 0.1) is 23.8 Å². The van der Waals surface area contributed by atoms with Crippen LogP contribution >= 0.6 is 11.3 Å². The molecule has 218 valence electrons. The predicted molar refractivity (Wildman–Crippen MR) is 161 cm³/mol. The van der Waals surface area contributed by atoms with Crippen LogP contribution in [0.15, 0.2) is 24.3 Å². The Morgan fingerprint density at radius 1 is 1.10 bits per heavy atom. The van der Waals surface area contributed by atoms with E-state index < -0.39 is 24.5 Å². The molecule has 8 nitrogen and oxygen atoms in total. The lowest BCUT2D eigenvalue weighted by atomic mass is 9.72. The van der Waals surface area contributed by atoms with Crippen LogP contribution in [0.3, 0.4) is 0 Å². The van der Waals surface area contributed by atoms with Crippen molar-refractivity contribution in [3.63, 3.8) is 0 Å². The minimum Gasteiger partial charge on any atom is -0.465 e. The molecule has 1 amide bonds. The first-order chi connectivity index (χ1) is 19.6. The number of para-hydroxylation sites is 1. The molecule has 5 rings (SSSR count). The Balaban J connectivity index is 1.36. The van der Waals surface area contributed by atoms with Crippen molar-refractivity contribution in [1.29, 1.82) is 0 Å². The lowest BCUT2D eigenvalue weighted by Gasteiger charge is -2.33. The topological polar surface area (TPSA) is 97.8 Å². The molecule has 0 spiro atoms. The summed E-state index contributed by atoms with van der Waals surface area (Å²) in [6.07, 6.45) is 4.37. The lowest BCUT2D eigenvalue weighted by molar-refractivity contribution is -0.119. The monoisotopic (exact) mass is 577 g/mol. The number of hydrogen-bond acceptors (Lipinski definition) is 8. The van der Waals surface area contributed by atoms with Gasteiger partial charge in [-0.3, -0.25) is 14.7 Å². The fourth-order valence-corrected chi connectivity index (χ4v) is 7.42. The number of carbonyl (C=O) groups excluding carboxylic acids is 3. The Morgan fingerprint density at radius 2 is 1.88 bits per heavy atom. The van der Waals surface area contributed by atoms with Crippen molar-refractivity contribution in [2.45, 2.75) is 66.3 Å². The first-order valence-corrected chi connectivity index (χ1v) is 15.2. The quantitative estimate of drug-likeness (QED) is 0.355. The van der Waals surface area contributed by atoms with Crippen LogP contribution in [0, 0.1) is 11.3 Å². The van der Waals surface area contributed by atoms with E-state index in [0.29, 0.717) is 28.6 Å². The van der Waals surface area contributed by atoms with Gasteiger partial charge >= 0.3 is 11.9 Å². The number of anilines is 1. The van der Waals surface area contributed by atoms with Gasteiger partial charge < -0.3 is 14.8 Å². The molecule has 9 heteroatoms. The molecule has 1 unspecified atom stereocenters. The van der Waals surface area contributed by atoms with Crippen LogP contribution in [0.1, 0.15) is 83.0 Å². The van der Waals surface area contributed by atoms with E-state index in [1.54, 1.807) is 0 Å². The molecule has 2 aromatic heterocycles. The smallest absolute Gasteiger partial charge is 0.341 e. The molecular formula is C32H39N3O5S. The van der Waals surface area contributed by atoms with Crippen molar-refractivity contribution >= 4 is 45.1 Å². The Labute approximate surface area is 245 Å². The number of nitrogens with one attached hydrogen (secondary N) is 1. The number of pyridine rings is 1. The van der Waals surface area contributed by atoms with Gasteiger partial charge in [0.15, 0.2) is 6.61 Å². The highest BCUT2D eigenvalue weighted by Crippen LogP contribution is 2.44. The summed E-state index contributed by atoms with van der Waals surface area (Å²) < 4.78 is 10.7. The number of aromatic nitrogens is 1. The van der Waals surface area contributed by atoms with Crippen molar-refractivity contribution in [2.24, 2.45) is 11.3 Å². The first kappa shape index (κ1) is 29.2. The maximum Gasteiger partial charge on any atom is 0.341 e. The molecule has 0 saturated carbocycles. The summed E-state index contributed by atoms with van der Waals surface area (Å²) in [5.41, 5.74) is 4.54. The molecule has 1 atom stereocenters. The zero-order chi connectivity index (χ0) is 29.3. The van der Waals surface area contributed by atoms with E-state index in [-0.39, 0.29) is 5.41 Å². The normalized spacial score (nSPS) is 17.0. The number of ether oxygens (including phenoxy) is 2. The van der Waals surface area contributed by atoms with Gasteiger partial charge in [-0.15, -0.1) is 11.3 Å². The van der Waals surface area contributed by atoms with E-state index in [0.717, 1.165) is 77.8 Å². The number of carbonyl (C=O) groups is 3. The predicted octanol–water partition coefficient (Wildman–Crippen LogP) is 5.80. The second-order valence-electron chi connectivity index (χ2n) is 12.1. The lowest BCUT2D eigenvalue weighted by Crippen LogP contribution is -2.33. The fraction of sp³-hybridized carbons (Fsp3) is 0.500. The molecule has 41 heavy (non-hydrogen) atoms. The highest BCUT2D eigenvalue weighted by Gasteiger charge is 2.34. The van der Waals surface area contributed by atoms with Crippen molar-refractivity contribution in [1.82, 2.24) is 9.88 Å². The Hall–Kier alpha value is -3.30. The van der Waals surface area contributed by atoms with Crippen LogP contribution in [-0.2, 0) is 40.1 Å². The molecule has 1 aliphatic carbocycles. The maximum absolute atomic E-state index is 13.5. The van der Waals surface area contributed by atoms with Crippen molar-refractivity contribution in [3.8, 4) is 0 Å². The fourth-order valence-electron chi connectivity index (χ4n) is 6.08. The van der Waals surface area contributed by atoms with Gasteiger partial charge in [0, 0.05) is 41.0 Å². The van der Waals surface area contributed by atoms with Crippen LogP contribution in [0.5, 0.6) is 0 Å². The summed E-state index contributed by atoms with van der Waals surface area (Å²) in [4.78, 5) is 47.6. The number of amides is 1. The van der Waals surface area contributed by atoms with E-state index in [1.807, 2.05) is 24.3 Å². The molecule has 3 heterocycles. The molecule has 0 radical (unpaired) electrons. The van der Waals surface area contributed by atoms with Crippen LogP contribution < -0.4 is 5.32 Å². The minimum atomic E-state index is -0.542. The molecule has 1 N–H and O–H groups in total.